The maximum atomic E-state index is 11.2. The van der Waals surface area contributed by atoms with Crippen LogP contribution in [-0.2, 0) is 10.0 Å². The van der Waals surface area contributed by atoms with Crippen molar-refractivity contribution in [2.45, 2.75) is 6.92 Å². The van der Waals surface area contributed by atoms with Gasteiger partial charge in [-0.1, -0.05) is 29.5 Å². The second kappa shape index (κ2) is 4.34. The van der Waals surface area contributed by atoms with E-state index in [9.17, 15) is 13.2 Å². The van der Waals surface area contributed by atoms with Crippen molar-refractivity contribution in [1.82, 2.24) is 14.4 Å². The van der Waals surface area contributed by atoms with Crippen molar-refractivity contribution in [3.63, 3.8) is 0 Å². The molecule has 6 nitrogen and oxygen atoms in total. The molecule has 0 spiro atoms. The zero-order valence-electron chi connectivity index (χ0n) is 9.86. The summed E-state index contributed by atoms with van der Waals surface area (Å²) in [5, 5.41) is 7.31. The van der Waals surface area contributed by atoms with E-state index in [1.54, 1.807) is 24.3 Å². The fraction of sp³-hybridized carbons (Fsp3) is 0.182. The number of Topliss-reactive ketones (excluding diaryl/α,β-unsaturated/α-hetero) is 1. The van der Waals surface area contributed by atoms with Gasteiger partial charge >= 0.3 is 0 Å². The minimum Gasteiger partial charge on any atom is -0.295 e. The molecule has 0 aliphatic rings. The molecule has 0 N–H and O–H groups in total. The van der Waals surface area contributed by atoms with Gasteiger partial charge in [-0.15, -0.1) is 9.19 Å². The number of aromatic nitrogens is 3. The van der Waals surface area contributed by atoms with Gasteiger partial charge in [0.25, 0.3) is 10.0 Å². The van der Waals surface area contributed by atoms with E-state index in [0.29, 0.717) is 16.8 Å². The molecule has 0 bridgehead atoms. The van der Waals surface area contributed by atoms with E-state index in [4.69, 9.17) is 0 Å². The first-order valence-electron chi connectivity index (χ1n) is 5.12. The van der Waals surface area contributed by atoms with E-state index < -0.39 is 10.0 Å². The standard InChI is InChI=1S/C11H11N3O3S/c1-8(15)9-3-5-10(6-4-9)11-7-14(13-12-11)18(2,16)17/h3-7H,1-2H3. The van der Waals surface area contributed by atoms with Gasteiger partial charge in [0.1, 0.15) is 5.69 Å². The van der Waals surface area contributed by atoms with Gasteiger partial charge in [0.15, 0.2) is 5.78 Å². The van der Waals surface area contributed by atoms with Crippen molar-refractivity contribution in [1.29, 1.82) is 0 Å². The second-order valence-corrected chi connectivity index (χ2v) is 5.71. The number of nitrogens with zero attached hydrogens (tertiary/aromatic N) is 3. The topological polar surface area (TPSA) is 81.9 Å². The molecule has 1 aromatic carbocycles. The molecule has 0 aliphatic heterocycles. The Morgan fingerprint density at radius 2 is 1.83 bits per heavy atom. The monoisotopic (exact) mass is 265 g/mol. The van der Waals surface area contributed by atoms with E-state index in [-0.39, 0.29) is 5.78 Å². The highest BCUT2D eigenvalue weighted by molar-refractivity contribution is 7.89. The average Bonchev–Trinajstić information content (AvgIpc) is 2.78. The number of ketones is 1. The molecule has 2 rings (SSSR count). The van der Waals surface area contributed by atoms with Crippen molar-refractivity contribution >= 4 is 15.8 Å². The minimum atomic E-state index is -3.42. The Hall–Kier alpha value is -2.02. The molecule has 2 aromatic rings. The summed E-state index contributed by atoms with van der Waals surface area (Å²) in [6.07, 6.45) is 2.38. The summed E-state index contributed by atoms with van der Waals surface area (Å²) >= 11 is 0. The first-order chi connectivity index (χ1) is 8.38. The highest BCUT2D eigenvalue weighted by Gasteiger charge is 2.10. The Bertz CT molecular complexity index is 687. The molecule has 0 aliphatic carbocycles. The first-order valence-corrected chi connectivity index (χ1v) is 6.97. The predicted molar refractivity (Wildman–Crippen MR) is 65.7 cm³/mol. The molecule has 18 heavy (non-hydrogen) atoms. The lowest BCUT2D eigenvalue weighted by Crippen LogP contribution is -2.10. The Morgan fingerprint density at radius 3 is 2.28 bits per heavy atom. The number of benzene rings is 1. The Labute approximate surface area is 104 Å². The maximum absolute atomic E-state index is 11.2. The van der Waals surface area contributed by atoms with Crippen molar-refractivity contribution < 1.29 is 13.2 Å². The maximum Gasteiger partial charge on any atom is 0.252 e. The number of hydrogen-bond donors (Lipinski definition) is 0. The number of carbonyl (C=O) groups is 1. The van der Waals surface area contributed by atoms with E-state index in [1.807, 2.05) is 0 Å². The lowest BCUT2D eigenvalue weighted by atomic mass is 10.1. The van der Waals surface area contributed by atoms with Crippen LogP contribution in [0.1, 0.15) is 17.3 Å². The quantitative estimate of drug-likeness (QED) is 0.772. The van der Waals surface area contributed by atoms with Gasteiger partial charge in [-0.05, 0) is 6.92 Å². The molecule has 1 aromatic heterocycles. The molecule has 0 saturated carbocycles. The van der Waals surface area contributed by atoms with E-state index in [0.717, 1.165) is 10.3 Å². The summed E-state index contributed by atoms with van der Waals surface area (Å²) in [4.78, 5) is 11.1. The summed E-state index contributed by atoms with van der Waals surface area (Å²) in [5.74, 6) is -0.0265. The van der Waals surface area contributed by atoms with Crippen LogP contribution in [0.15, 0.2) is 30.5 Å². The molecule has 0 atom stereocenters. The first kappa shape index (κ1) is 12.4. The van der Waals surface area contributed by atoms with Crippen LogP contribution < -0.4 is 0 Å². The Morgan fingerprint density at radius 1 is 1.22 bits per heavy atom. The Kier molecular flexibility index (Phi) is 3.00. The largest absolute Gasteiger partial charge is 0.295 e. The zero-order chi connectivity index (χ0) is 13.3. The molecule has 1 heterocycles. The van der Waals surface area contributed by atoms with Crippen molar-refractivity contribution in [2.75, 3.05) is 6.26 Å². The lowest BCUT2D eigenvalue weighted by Gasteiger charge is -1.97. The molecule has 0 amide bonds. The van der Waals surface area contributed by atoms with Gasteiger partial charge in [0.05, 0.1) is 12.5 Å². The van der Waals surface area contributed by atoms with E-state index >= 15 is 0 Å². The average molecular weight is 265 g/mol. The summed E-state index contributed by atoms with van der Waals surface area (Å²) in [7, 11) is -3.42. The third-order valence-electron chi connectivity index (χ3n) is 2.40. The van der Waals surface area contributed by atoms with Crippen LogP contribution in [0.2, 0.25) is 0 Å². The minimum absolute atomic E-state index is 0.0265. The van der Waals surface area contributed by atoms with Crippen molar-refractivity contribution in [3.8, 4) is 11.3 Å². The predicted octanol–water partition coefficient (Wildman–Crippen LogP) is 0.955. The third-order valence-corrected chi connectivity index (χ3v) is 3.26. The van der Waals surface area contributed by atoms with Crippen LogP contribution in [0.25, 0.3) is 11.3 Å². The molecular weight excluding hydrogens is 254 g/mol. The van der Waals surface area contributed by atoms with Crippen LogP contribution in [0.5, 0.6) is 0 Å². The van der Waals surface area contributed by atoms with Crippen LogP contribution in [-0.4, -0.2) is 34.9 Å². The normalized spacial score (nSPS) is 11.4. The van der Waals surface area contributed by atoms with E-state index in [1.165, 1.54) is 13.1 Å². The van der Waals surface area contributed by atoms with Gasteiger partial charge in [-0.3, -0.25) is 4.79 Å². The highest BCUT2D eigenvalue weighted by atomic mass is 32.2. The number of carbonyl (C=O) groups excluding carboxylic acids is 1. The fourth-order valence-electron chi connectivity index (χ4n) is 1.42. The lowest BCUT2D eigenvalue weighted by molar-refractivity contribution is 0.101. The molecule has 0 unspecified atom stereocenters. The summed E-state index contributed by atoms with van der Waals surface area (Å²) < 4.78 is 23.3. The fourth-order valence-corrected chi connectivity index (χ4v) is 1.88. The summed E-state index contributed by atoms with van der Waals surface area (Å²) in [6, 6.07) is 6.73. The van der Waals surface area contributed by atoms with Gasteiger partial charge in [0, 0.05) is 11.1 Å². The molecule has 7 heteroatoms. The van der Waals surface area contributed by atoms with Crippen molar-refractivity contribution in [2.24, 2.45) is 0 Å². The Balaban J connectivity index is 2.38. The van der Waals surface area contributed by atoms with Gasteiger partial charge in [-0.2, -0.15) is 0 Å². The van der Waals surface area contributed by atoms with Crippen molar-refractivity contribution in [3.05, 3.63) is 36.0 Å². The molecule has 0 fully saturated rings. The zero-order valence-corrected chi connectivity index (χ0v) is 10.7. The summed E-state index contributed by atoms with van der Waals surface area (Å²) in [5.41, 5.74) is 1.74. The van der Waals surface area contributed by atoms with Gasteiger partial charge in [-0.25, -0.2) is 8.42 Å². The van der Waals surface area contributed by atoms with Gasteiger partial charge < -0.3 is 0 Å². The number of hydrogen-bond acceptors (Lipinski definition) is 5. The van der Waals surface area contributed by atoms with Crippen LogP contribution in [0.4, 0.5) is 0 Å². The molecule has 0 radical (unpaired) electrons. The van der Waals surface area contributed by atoms with Crippen LogP contribution >= 0.6 is 0 Å². The highest BCUT2D eigenvalue weighted by Crippen LogP contribution is 2.17. The third kappa shape index (κ3) is 2.45. The molecule has 0 saturated heterocycles. The smallest absolute Gasteiger partial charge is 0.252 e. The molecule has 94 valence electrons. The second-order valence-electron chi connectivity index (χ2n) is 3.87. The van der Waals surface area contributed by atoms with E-state index in [2.05, 4.69) is 10.3 Å². The van der Waals surface area contributed by atoms with Crippen LogP contribution in [0.3, 0.4) is 0 Å². The van der Waals surface area contributed by atoms with Crippen LogP contribution in [0, 0.1) is 0 Å². The number of rotatable bonds is 3. The van der Waals surface area contributed by atoms with Gasteiger partial charge in [0.2, 0.25) is 0 Å². The summed E-state index contributed by atoms with van der Waals surface area (Å²) in [6.45, 7) is 1.48. The SMILES string of the molecule is CC(=O)c1ccc(-c2cn(S(C)(=O)=O)nn2)cc1. The molecular formula is C11H11N3O3S.